The van der Waals surface area contributed by atoms with Gasteiger partial charge >= 0.3 is 5.97 Å². The van der Waals surface area contributed by atoms with E-state index in [1.54, 1.807) is 0 Å². The summed E-state index contributed by atoms with van der Waals surface area (Å²) in [5.74, 6) is -2.28. The number of ether oxygens (including phenoxy) is 1. The minimum atomic E-state index is -3.71. The Morgan fingerprint density at radius 3 is 2.50 bits per heavy atom. The maximum absolute atomic E-state index is 13.5. The second-order valence-corrected chi connectivity index (χ2v) is 6.60. The van der Waals surface area contributed by atoms with Gasteiger partial charge < -0.3 is 4.74 Å². The van der Waals surface area contributed by atoms with Crippen molar-refractivity contribution in [1.29, 1.82) is 0 Å². The number of benzene rings is 2. The van der Waals surface area contributed by atoms with E-state index in [4.69, 9.17) is 4.74 Å². The van der Waals surface area contributed by atoms with Crippen LogP contribution in [0.5, 0.6) is 0 Å². The maximum Gasteiger partial charge on any atom is 0.338 e. The van der Waals surface area contributed by atoms with Gasteiger partial charge in [-0.15, -0.1) is 0 Å². The van der Waals surface area contributed by atoms with Crippen molar-refractivity contribution in [3.63, 3.8) is 0 Å². The molecule has 1 N–H and O–H groups in total. The molecule has 0 spiro atoms. The smallest absolute Gasteiger partial charge is 0.338 e. The fourth-order valence-corrected chi connectivity index (χ4v) is 2.66. The fourth-order valence-electron chi connectivity index (χ4n) is 1.89. The second kappa shape index (κ2) is 7.33. The molecule has 0 unspecified atom stereocenters. The van der Waals surface area contributed by atoms with Gasteiger partial charge in [-0.2, -0.15) is 0 Å². The standard InChI is InChI=1S/C16H14FNO5S/c1-18-24(21,22)12-6-4-5-11(9-12)16(20)23-10-15(19)13-7-2-3-8-14(13)17/h2-9,18H,10H2,1H3. The summed E-state index contributed by atoms with van der Waals surface area (Å²) in [5, 5.41) is 0. The van der Waals surface area contributed by atoms with E-state index < -0.39 is 34.2 Å². The summed E-state index contributed by atoms with van der Waals surface area (Å²) in [7, 11) is -2.46. The molecule has 0 bridgehead atoms. The third-order valence-electron chi connectivity index (χ3n) is 3.16. The van der Waals surface area contributed by atoms with Crippen LogP contribution < -0.4 is 4.72 Å². The van der Waals surface area contributed by atoms with Gasteiger partial charge in [0.1, 0.15) is 5.82 Å². The maximum atomic E-state index is 13.5. The predicted molar refractivity (Wildman–Crippen MR) is 83.7 cm³/mol. The Kier molecular flexibility index (Phi) is 5.42. The number of nitrogens with one attached hydrogen (secondary N) is 1. The highest BCUT2D eigenvalue weighted by atomic mass is 32.2. The molecular formula is C16H14FNO5S. The van der Waals surface area contributed by atoms with Gasteiger partial charge in [-0.25, -0.2) is 22.3 Å². The van der Waals surface area contributed by atoms with Crippen LogP contribution in [0, 0.1) is 5.82 Å². The number of rotatable bonds is 6. The topological polar surface area (TPSA) is 89.5 Å². The number of sulfonamides is 1. The molecule has 0 aliphatic rings. The fraction of sp³-hybridized carbons (Fsp3) is 0.125. The summed E-state index contributed by atoms with van der Waals surface area (Å²) in [5.41, 5.74) is -0.218. The predicted octanol–water partition coefficient (Wildman–Crippen LogP) is 1.77. The zero-order chi connectivity index (χ0) is 17.7. The Labute approximate surface area is 138 Å². The van der Waals surface area contributed by atoms with E-state index >= 15 is 0 Å². The number of Topliss-reactive ketones (excluding diaryl/α,β-unsaturated/α-hetero) is 1. The highest BCUT2D eigenvalue weighted by molar-refractivity contribution is 7.89. The van der Waals surface area contributed by atoms with Gasteiger partial charge in [0, 0.05) is 0 Å². The summed E-state index contributed by atoms with van der Waals surface area (Å²) >= 11 is 0. The molecule has 2 aromatic rings. The van der Waals surface area contributed by atoms with Crippen LogP contribution in [0.4, 0.5) is 4.39 Å². The van der Waals surface area contributed by atoms with E-state index in [2.05, 4.69) is 4.72 Å². The van der Waals surface area contributed by atoms with Gasteiger partial charge in [-0.3, -0.25) is 4.79 Å². The molecule has 0 amide bonds. The Balaban J connectivity index is 2.10. The molecule has 0 radical (unpaired) electrons. The first-order chi connectivity index (χ1) is 11.3. The molecule has 2 aromatic carbocycles. The molecule has 0 atom stereocenters. The molecule has 0 heterocycles. The van der Waals surface area contributed by atoms with Crippen LogP contribution in [0.15, 0.2) is 53.4 Å². The zero-order valence-corrected chi connectivity index (χ0v) is 13.5. The van der Waals surface area contributed by atoms with Crippen LogP contribution in [0.3, 0.4) is 0 Å². The summed E-state index contributed by atoms with van der Waals surface area (Å²) in [6, 6.07) is 10.5. The molecule has 0 saturated carbocycles. The number of carbonyl (C=O) groups is 2. The van der Waals surface area contributed by atoms with Crippen molar-refractivity contribution in [1.82, 2.24) is 4.72 Å². The molecular weight excluding hydrogens is 337 g/mol. The van der Waals surface area contributed by atoms with Gasteiger partial charge in [0.15, 0.2) is 6.61 Å². The Hall–Kier alpha value is -2.58. The van der Waals surface area contributed by atoms with Gasteiger partial charge in [0.05, 0.1) is 16.0 Å². The summed E-state index contributed by atoms with van der Waals surface area (Å²) in [6.07, 6.45) is 0. The number of hydrogen-bond donors (Lipinski definition) is 1. The van der Waals surface area contributed by atoms with Gasteiger partial charge in [-0.05, 0) is 37.4 Å². The van der Waals surface area contributed by atoms with Crippen LogP contribution >= 0.6 is 0 Å². The number of halogens is 1. The lowest BCUT2D eigenvalue weighted by atomic mass is 10.1. The molecule has 0 fully saturated rings. The third kappa shape index (κ3) is 4.03. The Morgan fingerprint density at radius 2 is 1.83 bits per heavy atom. The third-order valence-corrected chi connectivity index (χ3v) is 4.57. The first kappa shape index (κ1) is 17.8. The van der Waals surface area contributed by atoms with Gasteiger partial charge in [0.2, 0.25) is 15.8 Å². The highest BCUT2D eigenvalue weighted by Gasteiger charge is 2.17. The van der Waals surface area contributed by atoms with Crippen molar-refractivity contribution in [2.75, 3.05) is 13.7 Å². The van der Waals surface area contributed by atoms with Crippen molar-refractivity contribution >= 4 is 21.8 Å². The van der Waals surface area contributed by atoms with Crippen LogP contribution in [0.1, 0.15) is 20.7 Å². The van der Waals surface area contributed by atoms with Crippen LogP contribution in [0.25, 0.3) is 0 Å². The molecule has 0 saturated heterocycles. The minimum absolute atomic E-state index is 0.0346. The molecule has 6 nitrogen and oxygen atoms in total. The normalized spacial score (nSPS) is 11.1. The quantitative estimate of drug-likeness (QED) is 0.633. The number of esters is 1. The van der Waals surface area contributed by atoms with Crippen LogP contribution in [0.2, 0.25) is 0 Å². The lowest BCUT2D eigenvalue weighted by Gasteiger charge is -2.07. The van der Waals surface area contributed by atoms with Crippen LogP contribution in [-0.2, 0) is 14.8 Å². The largest absolute Gasteiger partial charge is 0.454 e. The molecule has 0 aromatic heterocycles. The summed E-state index contributed by atoms with van der Waals surface area (Å²) in [4.78, 5) is 23.7. The molecule has 0 aliphatic heterocycles. The van der Waals surface area contributed by atoms with Gasteiger partial charge in [-0.1, -0.05) is 18.2 Å². The highest BCUT2D eigenvalue weighted by Crippen LogP contribution is 2.13. The van der Waals surface area contributed by atoms with E-state index in [0.717, 1.165) is 12.1 Å². The molecule has 24 heavy (non-hydrogen) atoms. The van der Waals surface area contributed by atoms with E-state index in [9.17, 15) is 22.4 Å². The monoisotopic (exact) mass is 351 g/mol. The number of hydrogen-bond acceptors (Lipinski definition) is 5. The first-order valence-corrected chi connectivity index (χ1v) is 8.32. The van der Waals surface area contributed by atoms with E-state index in [1.165, 1.54) is 43.4 Å². The van der Waals surface area contributed by atoms with Crippen molar-refractivity contribution in [2.45, 2.75) is 4.90 Å². The number of ketones is 1. The second-order valence-electron chi connectivity index (χ2n) is 4.71. The number of carbonyl (C=O) groups excluding carboxylic acids is 2. The van der Waals surface area contributed by atoms with Crippen molar-refractivity contribution in [3.8, 4) is 0 Å². The van der Waals surface area contributed by atoms with E-state index in [-0.39, 0.29) is 16.0 Å². The van der Waals surface area contributed by atoms with E-state index in [1.807, 2.05) is 0 Å². The SMILES string of the molecule is CNS(=O)(=O)c1cccc(C(=O)OCC(=O)c2ccccc2F)c1. The summed E-state index contributed by atoms with van der Waals surface area (Å²) < 4.78 is 43.8. The first-order valence-electron chi connectivity index (χ1n) is 6.83. The molecule has 8 heteroatoms. The summed E-state index contributed by atoms with van der Waals surface area (Å²) in [6.45, 7) is -0.650. The zero-order valence-electron chi connectivity index (χ0n) is 12.7. The minimum Gasteiger partial charge on any atom is -0.454 e. The lowest BCUT2D eigenvalue weighted by Crippen LogP contribution is -2.19. The molecule has 0 aliphatic carbocycles. The Morgan fingerprint density at radius 1 is 1.12 bits per heavy atom. The van der Waals surface area contributed by atoms with Gasteiger partial charge in [0.25, 0.3) is 0 Å². The average Bonchev–Trinajstić information content (AvgIpc) is 2.60. The average molecular weight is 351 g/mol. The molecule has 2 rings (SSSR count). The van der Waals surface area contributed by atoms with E-state index in [0.29, 0.717) is 0 Å². The van der Waals surface area contributed by atoms with Crippen molar-refractivity contribution in [3.05, 3.63) is 65.5 Å². The van der Waals surface area contributed by atoms with Crippen LogP contribution in [-0.4, -0.2) is 33.8 Å². The van der Waals surface area contributed by atoms with Crippen molar-refractivity contribution < 1.29 is 27.1 Å². The molecule has 126 valence electrons. The lowest BCUT2D eigenvalue weighted by molar-refractivity contribution is 0.0473. The van der Waals surface area contributed by atoms with Crippen molar-refractivity contribution in [2.24, 2.45) is 0 Å². The Bertz CT molecular complexity index is 880.